The summed E-state index contributed by atoms with van der Waals surface area (Å²) in [4.78, 5) is 52.4. The number of rotatable bonds is 12. The Morgan fingerprint density at radius 3 is 1.22 bits per heavy atom. The van der Waals surface area contributed by atoms with Crippen LogP contribution < -0.4 is 0 Å². The lowest BCUT2D eigenvalue weighted by Crippen LogP contribution is -2.63. The van der Waals surface area contributed by atoms with Crippen LogP contribution in [-0.2, 0) is 33.2 Å². The number of carbonyl (C=O) groups is 4. The molecule has 10 atom stereocenters. The molecule has 2 heterocycles. The van der Waals surface area contributed by atoms with Crippen LogP contribution in [0.2, 0.25) is 0 Å². The molecule has 2 fully saturated rings. The molecule has 0 radical (unpaired) electrons. The summed E-state index contributed by atoms with van der Waals surface area (Å²) in [7, 11) is 0. The van der Waals surface area contributed by atoms with E-state index in [-0.39, 0.29) is 22.3 Å². The fourth-order valence-electron chi connectivity index (χ4n) is 6.02. The number of ether oxygens (including phenoxy) is 7. The molecule has 2 aliphatic heterocycles. The molecule has 0 bridgehead atoms. The molecule has 4 aromatic carbocycles. The van der Waals surface area contributed by atoms with E-state index in [1.807, 2.05) is 0 Å². The Morgan fingerprint density at radius 1 is 0.473 bits per heavy atom. The summed E-state index contributed by atoms with van der Waals surface area (Å²) in [6.07, 6.45) is -16.9. The predicted molar refractivity (Wildman–Crippen MR) is 187 cm³/mol. The van der Waals surface area contributed by atoms with Crippen LogP contribution in [0.1, 0.15) is 41.4 Å². The van der Waals surface area contributed by atoms with Crippen molar-refractivity contribution >= 4 is 23.9 Å². The Hall–Kier alpha value is -5.52. The first-order chi connectivity index (χ1) is 26.6. The van der Waals surface area contributed by atoms with Gasteiger partial charge < -0.3 is 53.6 Å². The number of hydrogen-bond donors (Lipinski definition) is 4. The van der Waals surface area contributed by atoms with Crippen molar-refractivity contribution in [1.29, 1.82) is 0 Å². The van der Waals surface area contributed by atoms with Crippen molar-refractivity contribution in [2.45, 2.75) is 61.4 Å². The number of aliphatic hydroxyl groups is 4. The van der Waals surface area contributed by atoms with Gasteiger partial charge in [0.05, 0.1) is 35.5 Å². The van der Waals surface area contributed by atoms with Crippen LogP contribution >= 0.6 is 0 Å². The van der Waals surface area contributed by atoms with E-state index >= 15 is 0 Å². The molecule has 4 aromatic rings. The first-order valence-electron chi connectivity index (χ1n) is 17.3. The van der Waals surface area contributed by atoms with Crippen LogP contribution in [0.5, 0.6) is 0 Å². The molecule has 4 N–H and O–H groups in total. The molecule has 55 heavy (non-hydrogen) atoms. The molecule has 0 saturated carbocycles. The third-order valence-electron chi connectivity index (χ3n) is 8.87. The van der Waals surface area contributed by atoms with Crippen molar-refractivity contribution in [2.24, 2.45) is 0 Å². The minimum absolute atomic E-state index is 0.0985. The van der Waals surface area contributed by atoms with Gasteiger partial charge in [0, 0.05) is 0 Å². The second kappa shape index (κ2) is 18.2. The monoisotopic (exact) mass is 758 g/mol. The van der Waals surface area contributed by atoms with Gasteiger partial charge in [-0.1, -0.05) is 72.8 Å². The highest BCUT2D eigenvalue weighted by Gasteiger charge is 2.53. The summed E-state index contributed by atoms with van der Waals surface area (Å²) in [6, 6.07) is 31.2. The molecule has 0 unspecified atom stereocenters. The zero-order valence-corrected chi connectivity index (χ0v) is 29.0. The van der Waals surface area contributed by atoms with Crippen LogP contribution in [0.25, 0.3) is 0 Å². The normalized spacial score (nSPS) is 27.6. The van der Waals surface area contributed by atoms with Gasteiger partial charge in [0.15, 0.2) is 37.0 Å². The quantitative estimate of drug-likeness (QED) is 0.120. The Bertz CT molecular complexity index is 1880. The first-order valence-corrected chi connectivity index (χ1v) is 17.3. The fourth-order valence-corrected chi connectivity index (χ4v) is 6.02. The number of aliphatic hydroxyl groups excluding tert-OH is 4. The van der Waals surface area contributed by atoms with Crippen molar-refractivity contribution in [2.75, 3.05) is 13.2 Å². The highest BCUT2D eigenvalue weighted by Crippen LogP contribution is 2.31. The van der Waals surface area contributed by atoms with E-state index in [2.05, 4.69) is 0 Å². The molecular weight excluding hydrogens is 720 g/mol. The van der Waals surface area contributed by atoms with Gasteiger partial charge in [-0.25, -0.2) is 19.2 Å². The van der Waals surface area contributed by atoms with Crippen LogP contribution in [-0.4, -0.2) is 119 Å². The predicted octanol–water partition coefficient (Wildman–Crippen LogP) is 2.06. The summed E-state index contributed by atoms with van der Waals surface area (Å²) in [6.45, 7) is -1.45. The van der Waals surface area contributed by atoms with Crippen molar-refractivity contribution in [3.63, 3.8) is 0 Å². The summed E-state index contributed by atoms with van der Waals surface area (Å²) < 4.78 is 39.8. The van der Waals surface area contributed by atoms with Crippen molar-refractivity contribution in [3.8, 4) is 0 Å². The standard InChI is InChI=1S/C40H38O15/c41-21-27-31(52-35(44)23-13-5-1-6-14-23)30(43)34(55-38(47)26-19-11-4-12-20-26)40(51-27)49-22-28-32(53-36(45)24-15-7-2-8-16-24)29(42)33(39(48)50-28)54-37(46)25-17-9-3-10-18-25/h1-20,27-34,39-43,48H,21-22H2/t27-,28-,29+,30+,31-,32-,33+,34+,39+,40+/m1/s1. The maximum Gasteiger partial charge on any atom is 0.338 e. The zero-order chi connectivity index (χ0) is 38.9. The van der Waals surface area contributed by atoms with Gasteiger partial charge in [0.2, 0.25) is 0 Å². The van der Waals surface area contributed by atoms with Gasteiger partial charge >= 0.3 is 23.9 Å². The smallest absolute Gasteiger partial charge is 0.338 e. The average Bonchev–Trinajstić information content (AvgIpc) is 3.22. The van der Waals surface area contributed by atoms with Gasteiger partial charge in [-0.3, -0.25) is 0 Å². The van der Waals surface area contributed by atoms with E-state index in [9.17, 15) is 39.6 Å². The van der Waals surface area contributed by atoms with E-state index in [1.165, 1.54) is 48.5 Å². The number of esters is 4. The third-order valence-corrected chi connectivity index (χ3v) is 8.87. The SMILES string of the molecule is O=C(O[C@@H]1[C@@H](OC[C@H]2O[C@H](O)[C@@H](OC(=O)c3ccccc3)[C@@H](O)[C@@H]2OC(=O)c2ccccc2)O[C@H](CO)[C@@H](OC(=O)c2ccccc2)[C@@H]1O)c1ccccc1. The lowest BCUT2D eigenvalue weighted by molar-refractivity contribution is -0.323. The van der Waals surface area contributed by atoms with Gasteiger partial charge in [0.1, 0.15) is 24.4 Å². The minimum atomic E-state index is -1.96. The van der Waals surface area contributed by atoms with E-state index in [0.29, 0.717) is 0 Å². The van der Waals surface area contributed by atoms with Crippen molar-refractivity contribution in [3.05, 3.63) is 144 Å². The highest BCUT2D eigenvalue weighted by molar-refractivity contribution is 5.91. The lowest BCUT2D eigenvalue weighted by atomic mass is 9.97. The number of hydrogen-bond acceptors (Lipinski definition) is 15. The average molecular weight is 759 g/mol. The van der Waals surface area contributed by atoms with E-state index in [4.69, 9.17) is 33.2 Å². The topological polar surface area (TPSA) is 214 Å². The molecule has 15 heteroatoms. The third kappa shape index (κ3) is 9.41. The second-order valence-electron chi connectivity index (χ2n) is 12.5. The molecule has 0 spiro atoms. The number of carbonyl (C=O) groups excluding carboxylic acids is 4. The van der Waals surface area contributed by atoms with E-state index in [1.54, 1.807) is 72.8 Å². The van der Waals surface area contributed by atoms with Crippen LogP contribution in [0, 0.1) is 0 Å². The fraction of sp³-hybridized carbons (Fsp3) is 0.300. The summed E-state index contributed by atoms with van der Waals surface area (Å²) >= 11 is 0. The van der Waals surface area contributed by atoms with Gasteiger partial charge in [-0.05, 0) is 48.5 Å². The molecule has 15 nitrogen and oxygen atoms in total. The van der Waals surface area contributed by atoms with Crippen LogP contribution in [0.3, 0.4) is 0 Å². The van der Waals surface area contributed by atoms with E-state index in [0.717, 1.165) is 0 Å². The van der Waals surface area contributed by atoms with Gasteiger partial charge in [0.25, 0.3) is 0 Å². The highest BCUT2D eigenvalue weighted by atomic mass is 16.7. The Morgan fingerprint density at radius 2 is 0.818 bits per heavy atom. The summed E-state index contributed by atoms with van der Waals surface area (Å²) in [5.41, 5.74) is 0.451. The first kappa shape index (κ1) is 39.2. The second-order valence-corrected chi connectivity index (χ2v) is 12.5. The zero-order valence-electron chi connectivity index (χ0n) is 29.0. The molecule has 0 aromatic heterocycles. The summed E-state index contributed by atoms with van der Waals surface area (Å²) in [5, 5.41) is 44.3. The Kier molecular flexibility index (Phi) is 13.0. The van der Waals surface area contributed by atoms with Gasteiger partial charge in [-0.2, -0.15) is 0 Å². The lowest BCUT2D eigenvalue weighted by Gasteiger charge is -2.44. The van der Waals surface area contributed by atoms with Crippen LogP contribution in [0.15, 0.2) is 121 Å². The maximum atomic E-state index is 13.2. The molecule has 6 rings (SSSR count). The van der Waals surface area contributed by atoms with E-state index < -0.39 is 98.5 Å². The molecule has 0 amide bonds. The maximum absolute atomic E-state index is 13.2. The Balaban J connectivity index is 1.24. The molecule has 2 saturated heterocycles. The van der Waals surface area contributed by atoms with Crippen molar-refractivity contribution in [1.82, 2.24) is 0 Å². The van der Waals surface area contributed by atoms with Crippen molar-refractivity contribution < 1.29 is 72.8 Å². The minimum Gasteiger partial charge on any atom is -0.453 e. The summed E-state index contributed by atoms with van der Waals surface area (Å²) in [5.74, 6) is -3.57. The van der Waals surface area contributed by atoms with Crippen LogP contribution in [0.4, 0.5) is 0 Å². The molecular formula is C40H38O15. The number of benzene rings is 4. The van der Waals surface area contributed by atoms with Gasteiger partial charge in [-0.15, -0.1) is 0 Å². The molecule has 0 aliphatic carbocycles. The molecule has 288 valence electrons. The molecule has 2 aliphatic rings. The largest absolute Gasteiger partial charge is 0.453 e. The Labute approximate surface area is 314 Å².